The van der Waals surface area contributed by atoms with Crippen molar-refractivity contribution in [1.82, 2.24) is 19.9 Å². The van der Waals surface area contributed by atoms with Crippen molar-refractivity contribution in [3.8, 4) is 17.0 Å². The van der Waals surface area contributed by atoms with Crippen molar-refractivity contribution in [2.45, 2.75) is 44.8 Å². The molecule has 1 aromatic heterocycles. The van der Waals surface area contributed by atoms with Crippen LogP contribution in [0.25, 0.3) is 11.3 Å². The van der Waals surface area contributed by atoms with Crippen molar-refractivity contribution in [3.63, 3.8) is 0 Å². The number of ether oxygens (including phenoxy) is 2. The van der Waals surface area contributed by atoms with Crippen LogP contribution in [-0.4, -0.2) is 58.7 Å². The van der Waals surface area contributed by atoms with E-state index in [4.69, 9.17) is 9.47 Å². The Bertz CT molecular complexity index is 909. The number of likely N-dealkylation sites (tertiary alicyclic amines) is 1. The highest BCUT2D eigenvalue weighted by Crippen LogP contribution is 2.43. The second kappa shape index (κ2) is 8.02. The number of aromatic nitrogens is 3. The molecule has 0 bridgehead atoms. The van der Waals surface area contributed by atoms with E-state index in [-0.39, 0.29) is 18.1 Å². The average Bonchev–Trinajstić information content (AvgIpc) is 3.29. The van der Waals surface area contributed by atoms with Gasteiger partial charge in [-0.1, -0.05) is 17.3 Å². The van der Waals surface area contributed by atoms with Crippen molar-refractivity contribution in [2.75, 3.05) is 26.8 Å². The van der Waals surface area contributed by atoms with Gasteiger partial charge in [-0.25, -0.2) is 4.68 Å². The summed E-state index contributed by atoms with van der Waals surface area (Å²) in [5.74, 6) is 2.71. The molecule has 0 radical (unpaired) electrons. The van der Waals surface area contributed by atoms with Gasteiger partial charge in [-0.15, -0.1) is 5.10 Å². The lowest BCUT2D eigenvalue weighted by Crippen LogP contribution is -2.38. The molecule has 2 heterocycles. The molecule has 30 heavy (non-hydrogen) atoms. The van der Waals surface area contributed by atoms with E-state index in [1.54, 1.807) is 14.0 Å². The topological polar surface area (TPSA) is 69.5 Å². The minimum atomic E-state index is 0.117. The van der Waals surface area contributed by atoms with E-state index in [0.717, 1.165) is 55.5 Å². The number of carbonyl (C=O) groups excluding carboxylic acids is 1. The first-order chi connectivity index (χ1) is 14.6. The van der Waals surface area contributed by atoms with Crippen LogP contribution in [0.5, 0.6) is 5.75 Å². The van der Waals surface area contributed by atoms with E-state index in [2.05, 4.69) is 10.3 Å². The van der Waals surface area contributed by atoms with Crippen LogP contribution in [0.15, 0.2) is 30.5 Å². The first-order valence-corrected chi connectivity index (χ1v) is 11.0. The Morgan fingerprint density at radius 2 is 1.93 bits per heavy atom. The van der Waals surface area contributed by atoms with Gasteiger partial charge in [0.05, 0.1) is 25.5 Å². The lowest BCUT2D eigenvalue weighted by Gasteiger charge is -2.37. The summed E-state index contributed by atoms with van der Waals surface area (Å²) < 4.78 is 13.9. The highest BCUT2D eigenvalue weighted by molar-refractivity contribution is 5.73. The van der Waals surface area contributed by atoms with Gasteiger partial charge in [0, 0.05) is 32.2 Å². The van der Waals surface area contributed by atoms with E-state index in [9.17, 15) is 4.79 Å². The number of fused-ring (bicyclic) bond motifs is 1. The summed E-state index contributed by atoms with van der Waals surface area (Å²) in [7, 11) is 1.67. The van der Waals surface area contributed by atoms with Crippen LogP contribution in [0.3, 0.4) is 0 Å². The van der Waals surface area contributed by atoms with Gasteiger partial charge in [-0.3, -0.25) is 4.79 Å². The van der Waals surface area contributed by atoms with Crippen molar-refractivity contribution >= 4 is 5.91 Å². The Labute approximate surface area is 177 Å². The molecule has 5 rings (SSSR count). The maximum absolute atomic E-state index is 11.9. The SMILES string of the molecule is COc1ccccc1-c1cn([C@@H]2C[C@@H]3CN(C(C)=O)C[C@@H]3C[C@H]2OCC2CC2)nn1. The molecule has 1 aliphatic heterocycles. The number of amides is 1. The Hall–Kier alpha value is -2.41. The number of hydrogen-bond acceptors (Lipinski definition) is 5. The molecule has 0 unspecified atom stereocenters. The summed E-state index contributed by atoms with van der Waals surface area (Å²) >= 11 is 0. The largest absolute Gasteiger partial charge is 0.496 e. The van der Waals surface area contributed by atoms with Crippen LogP contribution >= 0.6 is 0 Å². The third-order valence-electron chi connectivity index (χ3n) is 7.01. The Morgan fingerprint density at radius 1 is 1.17 bits per heavy atom. The quantitative estimate of drug-likeness (QED) is 0.732. The predicted molar refractivity (Wildman–Crippen MR) is 112 cm³/mol. The third kappa shape index (κ3) is 3.83. The fourth-order valence-corrected chi connectivity index (χ4v) is 5.07. The third-order valence-corrected chi connectivity index (χ3v) is 7.01. The summed E-state index contributed by atoms with van der Waals surface area (Å²) in [5.41, 5.74) is 1.76. The standard InChI is InChI=1S/C23H30N4O3/c1-15(28)26-11-17-9-21(23(10-18(17)12-26)30-14-16-7-8-16)27-13-20(24-25-27)19-5-3-4-6-22(19)29-2/h3-6,13,16-18,21,23H,7-12,14H2,1-2H3/t17-,18+,21-,23-/m1/s1. The lowest BCUT2D eigenvalue weighted by molar-refractivity contribution is -0.128. The molecule has 160 valence electrons. The van der Waals surface area contributed by atoms with Crippen LogP contribution < -0.4 is 4.74 Å². The number of para-hydroxylation sites is 1. The smallest absolute Gasteiger partial charge is 0.219 e. The number of carbonyl (C=O) groups is 1. The zero-order valence-corrected chi connectivity index (χ0v) is 17.7. The van der Waals surface area contributed by atoms with Gasteiger partial charge in [0.1, 0.15) is 11.4 Å². The first kappa shape index (κ1) is 19.5. The van der Waals surface area contributed by atoms with Gasteiger partial charge < -0.3 is 14.4 Å². The molecule has 3 aliphatic rings. The number of benzene rings is 1. The molecule has 3 fully saturated rings. The molecule has 0 N–H and O–H groups in total. The maximum atomic E-state index is 11.9. The molecule has 1 aromatic carbocycles. The highest BCUT2D eigenvalue weighted by Gasteiger charge is 2.44. The van der Waals surface area contributed by atoms with Crippen LogP contribution in [-0.2, 0) is 9.53 Å². The monoisotopic (exact) mass is 410 g/mol. The molecule has 2 aliphatic carbocycles. The van der Waals surface area contributed by atoms with Crippen molar-refractivity contribution in [1.29, 1.82) is 0 Å². The molecular formula is C23H30N4O3. The molecule has 2 saturated carbocycles. The second-order valence-corrected chi connectivity index (χ2v) is 9.08. The van der Waals surface area contributed by atoms with Gasteiger partial charge in [0.15, 0.2) is 0 Å². The van der Waals surface area contributed by atoms with E-state index >= 15 is 0 Å². The normalized spacial score (nSPS) is 28.4. The highest BCUT2D eigenvalue weighted by atomic mass is 16.5. The minimum Gasteiger partial charge on any atom is -0.496 e. The van der Waals surface area contributed by atoms with Crippen LogP contribution in [0, 0.1) is 17.8 Å². The van der Waals surface area contributed by atoms with E-state index in [0.29, 0.717) is 11.8 Å². The van der Waals surface area contributed by atoms with Crippen LogP contribution in [0.4, 0.5) is 0 Å². The van der Waals surface area contributed by atoms with E-state index in [1.807, 2.05) is 40.0 Å². The molecule has 4 atom stereocenters. The summed E-state index contributed by atoms with van der Waals surface area (Å²) in [5, 5.41) is 8.96. The Morgan fingerprint density at radius 3 is 2.67 bits per heavy atom. The minimum absolute atomic E-state index is 0.117. The summed E-state index contributed by atoms with van der Waals surface area (Å²) in [6, 6.07) is 8.03. The average molecular weight is 411 g/mol. The second-order valence-electron chi connectivity index (χ2n) is 9.08. The first-order valence-electron chi connectivity index (χ1n) is 11.0. The molecule has 1 saturated heterocycles. The van der Waals surface area contributed by atoms with Gasteiger partial charge in [-0.05, 0) is 55.6 Å². The summed E-state index contributed by atoms with van der Waals surface area (Å²) in [4.78, 5) is 13.9. The fraction of sp³-hybridized carbons (Fsp3) is 0.609. The van der Waals surface area contributed by atoms with Gasteiger partial charge in [0.2, 0.25) is 5.91 Å². The predicted octanol–water partition coefficient (Wildman–Crippen LogP) is 3.18. The van der Waals surface area contributed by atoms with Gasteiger partial charge in [0.25, 0.3) is 0 Å². The zero-order chi connectivity index (χ0) is 20.7. The number of nitrogens with zero attached hydrogens (tertiary/aromatic N) is 4. The fourth-order valence-electron chi connectivity index (χ4n) is 5.07. The van der Waals surface area contributed by atoms with Gasteiger partial charge >= 0.3 is 0 Å². The van der Waals surface area contributed by atoms with Crippen molar-refractivity contribution in [3.05, 3.63) is 30.5 Å². The summed E-state index contributed by atoms with van der Waals surface area (Å²) in [6.45, 7) is 4.22. The van der Waals surface area contributed by atoms with Crippen molar-refractivity contribution < 1.29 is 14.3 Å². The van der Waals surface area contributed by atoms with Crippen molar-refractivity contribution in [2.24, 2.45) is 17.8 Å². The van der Waals surface area contributed by atoms with E-state index < -0.39 is 0 Å². The summed E-state index contributed by atoms with van der Waals surface area (Å²) in [6.07, 6.45) is 6.65. The van der Waals surface area contributed by atoms with E-state index in [1.165, 1.54) is 12.8 Å². The number of hydrogen-bond donors (Lipinski definition) is 0. The van der Waals surface area contributed by atoms with Crippen LogP contribution in [0.2, 0.25) is 0 Å². The molecule has 0 spiro atoms. The number of methoxy groups -OCH3 is 1. The van der Waals surface area contributed by atoms with Crippen LogP contribution in [0.1, 0.15) is 38.6 Å². The maximum Gasteiger partial charge on any atom is 0.219 e. The molecule has 7 heteroatoms. The Kier molecular flexibility index (Phi) is 5.23. The number of rotatable bonds is 6. The molecule has 2 aromatic rings. The Balaban J connectivity index is 1.39. The lowest BCUT2D eigenvalue weighted by atomic mass is 9.77. The molecular weight excluding hydrogens is 380 g/mol. The van der Waals surface area contributed by atoms with Gasteiger partial charge in [-0.2, -0.15) is 0 Å². The molecule has 7 nitrogen and oxygen atoms in total. The zero-order valence-electron chi connectivity index (χ0n) is 17.7. The molecule has 1 amide bonds.